The van der Waals surface area contributed by atoms with Crippen LogP contribution >= 0.6 is 0 Å². The smallest absolute Gasteiger partial charge is 0.260 e. The number of carbonyl (C=O) groups excluding carboxylic acids is 3. The Labute approximate surface area is 174 Å². The predicted octanol–water partition coefficient (Wildman–Crippen LogP) is 3.15. The first-order valence-electron chi connectivity index (χ1n) is 10.4. The molecule has 1 heterocycles. The largest absolute Gasteiger partial charge is 0.483 e. The average Bonchev–Trinajstić information content (AvgIpc) is 2.65. The molecule has 0 unspecified atom stereocenters. The molecule has 1 saturated heterocycles. The van der Waals surface area contributed by atoms with Gasteiger partial charge in [-0.3, -0.25) is 9.59 Å². The van der Waals surface area contributed by atoms with Gasteiger partial charge < -0.3 is 19.7 Å². The molecule has 0 spiro atoms. The van der Waals surface area contributed by atoms with Gasteiger partial charge in [-0.05, 0) is 43.7 Å². The summed E-state index contributed by atoms with van der Waals surface area (Å²) >= 11 is 0. The molecule has 1 aliphatic heterocycles. The predicted molar refractivity (Wildman–Crippen MR) is 113 cm³/mol. The van der Waals surface area contributed by atoms with Crippen LogP contribution in [0.5, 0.6) is 5.75 Å². The van der Waals surface area contributed by atoms with Crippen LogP contribution in [0, 0.1) is 6.92 Å². The number of nitrogens with zero attached hydrogens (tertiary/aromatic N) is 1. The molecule has 0 atom stereocenters. The number of rotatable bonds is 7. The number of amides is 2. The van der Waals surface area contributed by atoms with Gasteiger partial charge in [-0.15, -0.1) is 0 Å². The van der Waals surface area contributed by atoms with Crippen LogP contribution in [0.15, 0.2) is 18.2 Å². The molecule has 160 valence electrons. The number of nitrogens with one attached hydrogen (secondary N) is 1. The summed E-state index contributed by atoms with van der Waals surface area (Å²) in [6.07, 6.45) is 1.94. The Morgan fingerprint density at radius 2 is 1.79 bits per heavy atom. The summed E-state index contributed by atoms with van der Waals surface area (Å²) in [7, 11) is 0. The fourth-order valence-electron chi connectivity index (χ4n) is 3.45. The van der Waals surface area contributed by atoms with Crippen molar-refractivity contribution in [2.24, 2.45) is 0 Å². The molecular weight excluding hydrogens is 368 g/mol. The lowest BCUT2D eigenvalue weighted by Crippen LogP contribution is -2.47. The van der Waals surface area contributed by atoms with Gasteiger partial charge >= 0.3 is 0 Å². The third kappa shape index (κ3) is 7.18. The summed E-state index contributed by atoms with van der Waals surface area (Å²) in [5.41, 5.74) is 2.20. The van der Waals surface area contributed by atoms with Crippen LogP contribution in [0.25, 0.3) is 0 Å². The molecule has 6 nitrogen and oxygen atoms in total. The Hall–Kier alpha value is -2.37. The lowest BCUT2D eigenvalue weighted by atomic mass is 9.85. The number of carbonyl (C=O) groups is 3. The van der Waals surface area contributed by atoms with Gasteiger partial charge in [0, 0.05) is 32.0 Å². The molecular formula is C23H34N2O4. The second kappa shape index (κ2) is 9.90. The van der Waals surface area contributed by atoms with Crippen molar-refractivity contribution in [3.05, 3.63) is 29.3 Å². The second-order valence-corrected chi connectivity index (χ2v) is 8.96. The maximum atomic E-state index is 12.6. The van der Waals surface area contributed by atoms with Crippen LogP contribution in [0.2, 0.25) is 0 Å². The first kappa shape index (κ1) is 22.9. The minimum atomic E-state index is -0.0950. The Balaban J connectivity index is 1.82. The Kier molecular flexibility index (Phi) is 7.82. The van der Waals surface area contributed by atoms with Crippen molar-refractivity contribution in [2.75, 3.05) is 19.7 Å². The molecule has 2 amide bonds. The molecule has 6 heteroatoms. The fourth-order valence-corrected chi connectivity index (χ4v) is 3.45. The van der Waals surface area contributed by atoms with Crippen LogP contribution in [0.4, 0.5) is 0 Å². The van der Waals surface area contributed by atoms with Crippen LogP contribution < -0.4 is 10.1 Å². The third-order valence-electron chi connectivity index (χ3n) is 5.21. The van der Waals surface area contributed by atoms with E-state index in [4.69, 9.17) is 4.74 Å². The Morgan fingerprint density at radius 1 is 1.14 bits per heavy atom. The van der Waals surface area contributed by atoms with Crippen molar-refractivity contribution in [3.8, 4) is 5.75 Å². The maximum Gasteiger partial charge on any atom is 0.260 e. The highest BCUT2D eigenvalue weighted by Crippen LogP contribution is 2.32. The number of piperidine rings is 1. The molecule has 1 aliphatic rings. The Bertz CT molecular complexity index is 744. The molecule has 29 heavy (non-hydrogen) atoms. The van der Waals surface area contributed by atoms with E-state index in [-0.39, 0.29) is 48.5 Å². The van der Waals surface area contributed by atoms with Crippen molar-refractivity contribution < 1.29 is 19.1 Å². The molecule has 1 fully saturated rings. The molecule has 1 aromatic rings. The number of hydrogen-bond donors (Lipinski definition) is 1. The van der Waals surface area contributed by atoms with Crippen molar-refractivity contribution >= 4 is 17.6 Å². The van der Waals surface area contributed by atoms with Crippen LogP contribution in [0.1, 0.15) is 64.5 Å². The van der Waals surface area contributed by atoms with E-state index in [0.717, 1.165) is 24.2 Å². The maximum absolute atomic E-state index is 12.6. The summed E-state index contributed by atoms with van der Waals surface area (Å²) in [5, 5.41) is 2.96. The highest BCUT2D eigenvalue weighted by Gasteiger charge is 2.25. The summed E-state index contributed by atoms with van der Waals surface area (Å²) in [4.78, 5) is 37.2. The molecule has 1 N–H and O–H groups in total. The van der Waals surface area contributed by atoms with Crippen LogP contribution in [-0.4, -0.2) is 48.2 Å². The van der Waals surface area contributed by atoms with Gasteiger partial charge in [0.05, 0.1) is 0 Å². The zero-order valence-electron chi connectivity index (χ0n) is 18.3. The van der Waals surface area contributed by atoms with Crippen molar-refractivity contribution in [1.29, 1.82) is 0 Å². The lowest BCUT2D eigenvalue weighted by molar-refractivity contribution is -0.134. The van der Waals surface area contributed by atoms with Gasteiger partial charge in [0.2, 0.25) is 5.91 Å². The highest BCUT2D eigenvalue weighted by molar-refractivity contribution is 5.83. The van der Waals surface area contributed by atoms with Gasteiger partial charge in [-0.25, -0.2) is 0 Å². The van der Waals surface area contributed by atoms with Gasteiger partial charge in [-0.1, -0.05) is 38.5 Å². The van der Waals surface area contributed by atoms with Gasteiger partial charge in [0.15, 0.2) is 6.61 Å². The van der Waals surface area contributed by atoms with E-state index in [1.54, 1.807) is 4.90 Å². The normalized spacial score (nSPS) is 15.1. The van der Waals surface area contributed by atoms with Crippen molar-refractivity contribution in [3.63, 3.8) is 0 Å². The first-order valence-corrected chi connectivity index (χ1v) is 10.4. The van der Waals surface area contributed by atoms with E-state index >= 15 is 0 Å². The molecule has 0 bridgehead atoms. The molecule has 1 aromatic carbocycles. The number of Topliss-reactive ketones (excluding diaryl/α,β-unsaturated/α-hetero) is 1. The molecule has 0 radical (unpaired) electrons. The molecule has 0 aromatic heterocycles. The first-order chi connectivity index (χ1) is 13.6. The van der Waals surface area contributed by atoms with E-state index in [9.17, 15) is 14.4 Å². The fraction of sp³-hybridized carbons (Fsp3) is 0.609. The Morgan fingerprint density at radius 3 is 2.38 bits per heavy atom. The topological polar surface area (TPSA) is 75.7 Å². The van der Waals surface area contributed by atoms with Gasteiger partial charge in [0.25, 0.3) is 5.91 Å². The SMILES string of the molecule is CC(=O)CCC(=O)NC1CCN(C(=O)COc2ccc(C)cc2C(C)(C)C)CC1. The number of benzene rings is 1. The zero-order valence-corrected chi connectivity index (χ0v) is 18.3. The van der Waals surface area contributed by atoms with Gasteiger partial charge in [0.1, 0.15) is 11.5 Å². The third-order valence-corrected chi connectivity index (χ3v) is 5.21. The number of hydrogen-bond acceptors (Lipinski definition) is 4. The minimum Gasteiger partial charge on any atom is -0.483 e. The van der Waals surface area contributed by atoms with E-state index < -0.39 is 0 Å². The minimum absolute atomic E-state index is 0.0157. The van der Waals surface area contributed by atoms with E-state index in [1.165, 1.54) is 12.5 Å². The highest BCUT2D eigenvalue weighted by atomic mass is 16.5. The van der Waals surface area contributed by atoms with E-state index in [1.807, 2.05) is 19.1 Å². The van der Waals surface area contributed by atoms with E-state index in [2.05, 4.69) is 32.2 Å². The standard InChI is InChI=1S/C23H34N2O4/c1-16-6-8-20(19(14-16)23(3,4)5)29-15-22(28)25-12-10-18(11-13-25)24-21(27)9-7-17(2)26/h6,8,14,18H,7,9-13,15H2,1-5H3,(H,24,27). The zero-order chi connectivity index (χ0) is 21.6. The van der Waals surface area contributed by atoms with Crippen LogP contribution in [-0.2, 0) is 19.8 Å². The molecule has 0 aliphatic carbocycles. The monoisotopic (exact) mass is 402 g/mol. The summed E-state index contributed by atoms with van der Waals surface area (Å²) < 4.78 is 5.89. The van der Waals surface area contributed by atoms with Crippen molar-refractivity contribution in [2.45, 2.75) is 71.8 Å². The number of ketones is 1. The summed E-state index contributed by atoms with van der Waals surface area (Å²) in [6, 6.07) is 6.10. The van der Waals surface area contributed by atoms with Crippen LogP contribution in [0.3, 0.4) is 0 Å². The van der Waals surface area contributed by atoms with E-state index in [0.29, 0.717) is 13.1 Å². The van der Waals surface area contributed by atoms with Crippen molar-refractivity contribution in [1.82, 2.24) is 10.2 Å². The molecule has 0 saturated carbocycles. The van der Waals surface area contributed by atoms with Gasteiger partial charge in [-0.2, -0.15) is 0 Å². The average molecular weight is 403 g/mol. The molecule has 2 rings (SSSR count). The summed E-state index contributed by atoms with van der Waals surface area (Å²) in [5.74, 6) is 0.641. The number of likely N-dealkylation sites (tertiary alicyclic amines) is 1. The lowest BCUT2D eigenvalue weighted by Gasteiger charge is -2.32. The quantitative estimate of drug-likeness (QED) is 0.760. The number of ether oxygens (including phenoxy) is 1. The second-order valence-electron chi connectivity index (χ2n) is 8.96. The number of aryl methyl sites for hydroxylation is 1. The summed E-state index contributed by atoms with van der Waals surface area (Å²) in [6.45, 7) is 11.1.